The van der Waals surface area contributed by atoms with Crippen molar-refractivity contribution in [3.05, 3.63) is 53.7 Å². The summed E-state index contributed by atoms with van der Waals surface area (Å²) in [5, 5.41) is 5.40. The lowest BCUT2D eigenvalue weighted by Crippen LogP contribution is -2.20. The summed E-state index contributed by atoms with van der Waals surface area (Å²) in [6, 6.07) is 10.6. The van der Waals surface area contributed by atoms with Gasteiger partial charge in [-0.25, -0.2) is 9.78 Å². The Bertz CT molecular complexity index is 683. The number of amides is 2. The molecule has 0 aliphatic carbocycles. The highest BCUT2D eigenvalue weighted by Crippen LogP contribution is 2.10. The van der Waals surface area contributed by atoms with Gasteiger partial charge in [-0.05, 0) is 31.2 Å². The number of nitrogens with two attached hydrogens (primary N) is 1. The molecule has 4 N–H and O–H groups in total. The second-order valence-electron chi connectivity index (χ2n) is 4.38. The van der Waals surface area contributed by atoms with E-state index >= 15 is 0 Å². The Labute approximate surface area is 123 Å². The monoisotopic (exact) mass is 280 g/mol. The minimum atomic E-state index is -0.352. The minimum absolute atomic E-state index is 0.291. The molecule has 5 heteroatoms. The van der Waals surface area contributed by atoms with E-state index in [2.05, 4.69) is 27.5 Å². The van der Waals surface area contributed by atoms with Crippen LogP contribution in [0.4, 0.5) is 16.3 Å². The number of aromatic nitrogens is 1. The third-order valence-electron chi connectivity index (χ3n) is 2.65. The summed E-state index contributed by atoms with van der Waals surface area (Å²) in [7, 11) is 0. The molecule has 0 aliphatic heterocycles. The van der Waals surface area contributed by atoms with E-state index in [-0.39, 0.29) is 6.03 Å². The molecule has 0 radical (unpaired) electrons. The van der Waals surface area contributed by atoms with Crippen molar-refractivity contribution in [3.63, 3.8) is 0 Å². The Balaban J connectivity index is 2.00. The zero-order valence-corrected chi connectivity index (χ0v) is 11.7. The van der Waals surface area contributed by atoms with Gasteiger partial charge < -0.3 is 11.1 Å². The van der Waals surface area contributed by atoms with Crippen LogP contribution in [-0.4, -0.2) is 17.6 Å². The van der Waals surface area contributed by atoms with Crippen molar-refractivity contribution < 1.29 is 4.79 Å². The second-order valence-corrected chi connectivity index (χ2v) is 4.38. The fourth-order valence-electron chi connectivity index (χ4n) is 1.65. The molecule has 0 aliphatic rings. The van der Waals surface area contributed by atoms with E-state index in [1.165, 1.54) is 0 Å². The molecule has 0 unspecified atom stereocenters. The van der Waals surface area contributed by atoms with Gasteiger partial charge in [0.15, 0.2) is 0 Å². The minimum Gasteiger partial charge on any atom is -0.320 e. The van der Waals surface area contributed by atoms with Crippen molar-refractivity contribution in [1.82, 2.24) is 4.98 Å². The number of aryl methyl sites for hydroxylation is 1. The summed E-state index contributed by atoms with van der Waals surface area (Å²) in [5.41, 5.74) is 7.93. The van der Waals surface area contributed by atoms with Gasteiger partial charge in [-0.15, -0.1) is 0 Å². The molecule has 1 heterocycles. The number of anilines is 2. The number of hydrogen-bond donors (Lipinski definition) is 3. The van der Waals surface area contributed by atoms with Gasteiger partial charge in [0, 0.05) is 17.4 Å². The zero-order chi connectivity index (χ0) is 15.1. The van der Waals surface area contributed by atoms with Gasteiger partial charge in [0.05, 0.1) is 6.54 Å². The highest BCUT2D eigenvalue weighted by molar-refractivity contribution is 5.99. The van der Waals surface area contributed by atoms with Crippen LogP contribution in [0.2, 0.25) is 0 Å². The van der Waals surface area contributed by atoms with E-state index in [0.29, 0.717) is 12.4 Å². The Hall–Kier alpha value is -2.84. The summed E-state index contributed by atoms with van der Waals surface area (Å²) in [5.74, 6) is 6.07. The quantitative estimate of drug-likeness (QED) is 0.739. The molecule has 1 aromatic heterocycles. The molecule has 2 rings (SSSR count). The third-order valence-corrected chi connectivity index (χ3v) is 2.65. The number of nitrogens with zero attached hydrogens (tertiary/aromatic N) is 1. The summed E-state index contributed by atoms with van der Waals surface area (Å²) >= 11 is 0. The highest BCUT2D eigenvalue weighted by atomic mass is 16.2. The first-order valence-corrected chi connectivity index (χ1v) is 6.47. The normalized spacial score (nSPS) is 9.43. The topological polar surface area (TPSA) is 80.0 Å². The van der Waals surface area contributed by atoms with Crippen LogP contribution in [0.15, 0.2) is 42.6 Å². The fourth-order valence-corrected chi connectivity index (χ4v) is 1.65. The van der Waals surface area contributed by atoms with E-state index < -0.39 is 0 Å². The van der Waals surface area contributed by atoms with Crippen LogP contribution in [0.5, 0.6) is 0 Å². The Morgan fingerprint density at radius 3 is 2.71 bits per heavy atom. The average molecular weight is 280 g/mol. The van der Waals surface area contributed by atoms with E-state index in [0.717, 1.165) is 16.8 Å². The van der Waals surface area contributed by atoms with Gasteiger partial charge in [0.1, 0.15) is 5.82 Å². The van der Waals surface area contributed by atoms with Crippen LogP contribution in [0.1, 0.15) is 11.1 Å². The molecular weight excluding hydrogens is 264 g/mol. The Morgan fingerprint density at radius 1 is 1.24 bits per heavy atom. The molecule has 2 aromatic rings. The predicted molar refractivity (Wildman–Crippen MR) is 84.0 cm³/mol. The molecule has 0 saturated carbocycles. The SMILES string of the molecule is Cc1ccc(NC(=O)Nc2cc(C#CCN)ccn2)cc1. The maximum Gasteiger partial charge on any atom is 0.324 e. The van der Waals surface area contributed by atoms with E-state index in [4.69, 9.17) is 5.73 Å². The van der Waals surface area contributed by atoms with Crippen molar-refractivity contribution in [2.24, 2.45) is 5.73 Å². The smallest absolute Gasteiger partial charge is 0.320 e. The van der Waals surface area contributed by atoms with Crippen LogP contribution in [0.25, 0.3) is 0 Å². The first-order chi connectivity index (χ1) is 10.2. The standard InChI is InChI=1S/C16H16N4O/c1-12-4-6-14(7-5-12)19-16(21)20-15-11-13(3-2-9-17)8-10-18-15/h4-8,10-11H,9,17H2,1H3,(H2,18,19,20,21). The number of nitrogens with one attached hydrogen (secondary N) is 2. The van der Waals surface area contributed by atoms with Crippen molar-refractivity contribution in [3.8, 4) is 11.8 Å². The Kier molecular flexibility index (Phi) is 4.91. The van der Waals surface area contributed by atoms with E-state index in [1.807, 2.05) is 31.2 Å². The molecule has 0 saturated heterocycles. The van der Waals surface area contributed by atoms with Crippen molar-refractivity contribution >= 4 is 17.5 Å². The lowest BCUT2D eigenvalue weighted by atomic mass is 10.2. The van der Waals surface area contributed by atoms with Crippen LogP contribution in [0.3, 0.4) is 0 Å². The number of carbonyl (C=O) groups excluding carboxylic acids is 1. The van der Waals surface area contributed by atoms with Crippen molar-refractivity contribution in [2.45, 2.75) is 6.92 Å². The number of benzene rings is 1. The molecule has 0 fully saturated rings. The van der Waals surface area contributed by atoms with Crippen molar-refractivity contribution in [2.75, 3.05) is 17.2 Å². The van der Waals surface area contributed by atoms with E-state index in [9.17, 15) is 4.79 Å². The predicted octanol–water partition coefficient (Wildman–Crippen LogP) is 2.34. The van der Waals surface area contributed by atoms with Gasteiger partial charge in [-0.3, -0.25) is 5.32 Å². The third kappa shape index (κ3) is 4.64. The molecule has 21 heavy (non-hydrogen) atoms. The van der Waals surface area contributed by atoms with Gasteiger partial charge >= 0.3 is 6.03 Å². The molecule has 0 bridgehead atoms. The van der Waals surface area contributed by atoms with Gasteiger partial charge in [0.2, 0.25) is 0 Å². The zero-order valence-electron chi connectivity index (χ0n) is 11.7. The average Bonchev–Trinajstić information content (AvgIpc) is 2.48. The number of pyridine rings is 1. The molecule has 2 amide bonds. The van der Waals surface area contributed by atoms with Crippen molar-refractivity contribution in [1.29, 1.82) is 0 Å². The summed E-state index contributed by atoms with van der Waals surface area (Å²) in [6.07, 6.45) is 1.59. The van der Waals surface area contributed by atoms with Gasteiger partial charge in [-0.1, -0.05) is 29.5 Å². The number of hydrogen-bond acceptors (Lipinski definition) is 3. The molecule has 0 spiro atoms. The van der Waals surface area contributed by atoms with Crippen LogP contribution in [0, 0.1) is 18.8 Å². The first-order valence-electron chi connectivity index (χ1n) is 6.47. The molecule has 0 atom stereocenters. The lowest BCUT2D eigenvalue weighted by molar-refractivity contribution is 0.262. The number of rotatable bonds is 2. The second kappa shape index (κ2) is 7.08. The van der Waals surface area contributed by atoms with E-state index in [1.54, 1.807) is 18.3 Å². The largest absolute Gasteiger partial charge is 0.324 e. The van der Waals surface area contributed by atoms with Gasteiger partial charge in [0.25, 0.3) is 0 Å². The number of urea groups is 1. The maximum absolute atomic E-state index is 11.9. The maximum atomic E-state index is 11.9. The summed E-state index contributed by atoms with van der Waals surface area (Å²) in [4.78, 5) is 15.9. The van der Waals surface area contributed by atoms with Crippen LogP contribution in [-0.2, 0) is 0 Å². The summed E-state index contributed by atoms with van der Waals surface area (Å²) < 4.78 is 0. The molecule has 106 valence electrons. The van der Waals surface area contributed by atoms with Gasteiger partial charge in [-0.2, -0.15) is 0 Å². The van der Waals surface area contributed by atoms with Crippen LogP contribution >= 0.6 is 0 Å². The fraction of sp³-hybridized carbons (Fsp3) is 0.125. The summed E-state index contributed by atoms with van der Waals surface area (Å²) in [6.45, 7) is 2.28. The molecule has 5 nitrogen and oxygen atoms in total. The lowest BCUT2D eigenvalue weighted by Gasteiger charge is -2.07. The molecule has 1 aromatic carbocycles. The Morgan fingerprint density at radius 2 is 2.00 bits per heavy atom. The highest BCUT2D eigenvalue weighted by Gasteiger charge is 2.03. The molecular formula is C16H16N4O. The van der Waals surface area contributed by atoms with Crippen LogP contribution < -0.4 is 16.4 Å². The number of carbonyl (C=O) groups is 1. The first kappa shape index (κ1) is 14.6.